The number of aryl methyl sites for hydroxylation is 1. The summed E-state index contributed by atoms with van der Waals surface area (Å²) in [6.45, 7) is 1.92. The van der Waals surface area contributed by atoms with Crippen molar-refractivity contribution in [3.05, 3.63) is 52.1 Å². The highest BCUT2D eigenvalue weighted by molar-refractivity contribution is 9.10. The average molecular weight is 322 g/mol. The van der Waals surface area contributed by atoms with Crippen LogP contribution in [0, 0.1) is 6.92 Å². The first-order chi connectivity index (χ1) is 9.11. The van der Waals surface area contributed by atoms with Gasteiger partial charge in [0.1, 0.15) is 5.75 Å². The van der Waals surface area contributed by atoms with Crippen LogP contribution >= 0.6 is 15.9 Å². The monoisotopic (exact) mass is 321 g/mol. The zero-order valence-corrected chi connectivity index (χ0v) is 11.8. The molecule has 5 nitrogen and oxygen atoms in total. The number of halogens is 1. The van der Waals surface area contributed by atoms with E-state index in [9.17, 15) is 0 Å². The fourth-order valence-corrected chi connectivity index (χ4v) is 2.03. The van der Waals surface area contributed by atoms with Gasteiger partial charge in [-0.1, -0.05) is 21.1 Å². The molecular formula is C13H12BrN3O2. The maximum absolute atomic E-state index is 8.74. The van der Waals surface area contributed by atoms with Gasteiger partial charge < -0.3 is 15.7 Å². The van der Waals surface area contributed by atoms with Crippen LogP contribution in [0.4, 0.5) is 0 Å². The van der Waals surface area contributed by atoms with Gasteiger partial charge in [-0.2, -0.15) is 0 Å². The number of ether oxygens (including phenoxy) is 1. The molecule has 1 aromatic heterocycles. The summed E-state index contributed by atoms with van der Waals surface area (Å²) >= 11 is 3.39. The van der Waals surface area contributed by atoms with Crippen molar-refractivity contribution in [2.24, 2.45) is 10.9 Å². The van der Waals surface area contributed by atoms with Gasteiger partial charge in [-0.05, 0) is 42.8 Å². The third-order valence-electron chi connectivity index (χ3n) is 2.50. The van der Waals surface area contributed by atoms with E-state index < -0.39 is 0 Å². The quantitative estimate of drug-likeness (QED) is 0.394. The third-order valence-corrected chi connectivity index (χ3v) is 2.99. The molecule has 2 rings (SSSR count). The molecule has 0 unspecified atom stereocenters. The molecule has 1 aromatic carbocycles. The van der Waals surface area contributed by atoms with E-state index in [0.717, 1.165) is 10.0 Å². The van der Waals surface area contributed by atoms with Gasteiger partial charge in [0.15, 0.2) is 5.84 Å². The number of hydrogen-bond acceptors (Lipinski definition) is 4. The van der Waals surface area contributed by atoms with Crippen molar-refractivity contribution in [2.45, 2.75) is 6.92 Å². The molecule has 0 spiro atoms. The van der Waals surface area contributed by atoms with Crippen molar-refractivity contribution >= 4 is 21.8 Å². The first-order valence-electron chi connectivity index (χ1n) is 5.48. The lowest BCUT2D eigenvalue weighted by Crippen LogP contribution is -2.14. The highest BCUT2D eigenvalue weighted by Crippen LogP contribution is 2.28. The van der Waals surface area contributed by atoms with E-state index in [1.807, 2.05) is 25.1 Å². The van der Waals surface area contributed by atoms with E-state index in [0.29, 0.717) is 17.2 Å². The Hall–Kier alpha value is -2.08. The molecule has 19 heavy (non-hydrogen) atoms. The topological polar surface area (TPSA) is 80.7 Å². The molecule has 0 aliphatic rings. The summed E-state index contributed by atoms with van der Waals surface area (Å²) in [5.41, 5.74) is 6.97. The number of oxime groups is 1. The summed E-state index contributed by atoms with van der Waals surface area (Å²) in [6.07, 6.45) is 1.58. The molecule has 0 amide bonds. The van der Waals surface area contributed by atoms with Gasteiger partial charge in [0.25, 0.3) is 0 Å². The minimum atomic E-state index is -0.0436. The van der Waals surface area contributed by atoms with Crippen LogP contribution < -0.4 is 10.5 Å². The van der Waals surface area contributed by atoms with E-state index in [4.69, 9.17) is 15.7 Å². The number of nitrogens with zero attached hydrogens (tertiary/aromatic N) is 2. The largest absolute Gasteiger partial charge is 0.438 e. The molecule has 0 aliphatic heterocycles. The number of rotatable bonds is 3. The Morgan fingerprint density at radius 3 is 2.89 bits per heavy atom. The van der Waals surface area contributed by atoms with E-state index in [2.05, 4.69) is 26.1 Å². The second-order valence-corrected chi connectivity index (χ2v) is 4.77. The van der Waals surface area contributed by atoms with Crippen LogP contribution in [-0.4, -0.2) is 16.0 Å². The van der Waals surface area contributed by atoms with E-state index in [1.54, 1.807) is 18.3 Å². The maximum atomic E-state index is 8.74. The second-order valence-electron chi connectivity index (χ2n) is 3.85. The lowest BCUT2D eigenvalue weighted by Gasteiger charge is -2.11. The molecular weight excluding hydrogens is 310 g/mol. The average Bonchev–Trinajstić information content (AvgIpc) is 2.41. The van der Waals surface area contributed by atoms with Crippen molar-refractivity contribution in [1.82, 2.24) is 4.98 Å². The van der Waals surface area contributed by atoms with E-state index in [1.165, 1.54) is 0 Å². The van der Waals surface area contributed by atoms with Crippen LogP contribution in [0.5, 0.6) is 11.6 Å². The third kappa shape index (κ3) is 3.03. The van der Waals surface area contributed by atoms with Gasteiger partial charge in [-0.15, -0.1) is 0 Å². The Balaban J connectivity index is 2.38. The summed E-state index contributed by atoms with van der Waals surface area (Å²) in [5.74, 6) is 0.912. The van der Waals surface area contributed by atoms with Crippen molar-refractivity contribution in [2.75, 3.05) is 0 Å². The minimum absolute atomic E-state index is 0.0436. The normalized spacial score (nSPS) is 11.4. The first kappa shape index (κ1) is 13.4. The molecule has 2 aromatic rings. The molecule has 0 fully saturated rings. The Kier molecular flexibility index (Phi) is 4.01. The van der Waals surface area contributed by atoms with Gasteiger partial charge >= 0.3 is 0 Å². The van der Waals surface area contributed by atoms with Gasteiger partial charge in [0.05, 0.1) is 5.56 Å². The summed E-state index contributed by atoms with van der Waals surface area (Å²) in [6, 6.07) is 8.99. The van der Waals surface area contributed by atoms with Crippen molar-refractivity contribution < 1.29 is 9.94 Å². The molecule has 0 atom stereocenters. The fourth-order valence-electron chi connectivity index (χ4n) is 1.55. The molecule has 0 saturated heterocycles. The SMILES string of the molecule is Cc1cc(Br)ccc1Oc1ncccc1C(N)=NO. The number of pyridine rings is 1. The van der Waals surface area contributed by atoms with Crippen LogP contribution in [0.3, 0.4) is 0 Å². The van der Waals surface area contributed by atoms with Crippen LogP contribution in [0.1, 0.15) is 11.1 Å². The van der Waals surface area contributed by atoms with E-state index >= 15 is 0 Å². The van der Waals surface area contributed by atoms with E-state index in [-0.39, 0.29) is 5.84 Å². The van der Waals surface area contributed by atoms with Crippen molar-refractivity contribution in [3.63, 3.8) is 0 Å². The predicted octanol–water partition coefficient (Wildman–Crippen LogP) is 3.04. The maximum Gasteiger partial charge on any atom is 0.230 e. The first-order valence-corrected chi connectivity index (χ1v) is 6.28. The molecule has 98 valence electrons. The predicted molar refractivity (Wildman–Crippen MR) is 75.7 cm³/mol. The summed E-state index contributed by atoms with van der Waals surface area (Å²) in [4.78, 5) is 4.10. The Labute approximate surface area is 118 Å². The molecule has 0 aliphatic carbocycles. The van der Waals surface area contributed by atoms with Crippen molar-refractivity contribution in [1.29, 1.82) is 0 Å². The lowest BCUT2D eigenvalue weighted by atomic mass is 10.2. The van der Waals surface area contributed by atoms with Crippen LogP contribution in [0.25, 0.3) is 0 Å². The molecule has 1 heterocycles. The highest BCUT2D eigenvalue weighted by atomic mass is 79.9. The Bertz CT molecular complexity index is 629. The number of nitrogens with two attached hydrogens (primary N) is 1. The highest BCUT2D eigenvalue weighted by Gasteiger charge is 2.11. The van der Waals surface area contributed by atoms with Crippen LogP contribution in [0.15, 0.2) is 46.2 Å². The van der Waals surface area contributed by atoms with Crippen LogP contribution in [-0.2, 0) is 0 Å². The zero-order chi connectivity index (χ0) is 13.8. The lowest BCUT2D eigenvalue weighted by molar-refractivity contribution is 0.318. The van der Waals surface area contributed by atoms with Gasteiger partial charge in [-0.3, -0.25) is 0 Å². The molecule has 0 saturated carbocycles. The molecule has 0 bridgehead atoms. The van der Waals surface area contributed by atoms with Gasteiger partial charge in [0, 0.05) is 10.7 Å². The Morgan fingerprint density at radius 2 is 2.21 bits per heavy atom. The zero-order valence-electron chi connectivity index (χ0n) is 10.2. The smallest absolute Gasteiger partial charge is 0.230 e. The number of hydrogen-bond donors (Lipinski definition) is 2. The van der Waals surface area contributed by atoms with Crippen LogP contribution in [0.2, 0.25) is 0 Å². The Morgan fingerprint density at radius 1 is 1.42 bits per heavy atom. The minimum Gasteiger partial charge on any atom is -0.438 e. The fraction of sp³-hybridized carbons (Fsp3) is 0.0769. The summed E-state index contributed by atoms with van der Waals surface area (Å²) in [5, 5.41) is 11.7. The number of aromatic nitrogens is 1. The summed E-state index contributed by atoms with van der Waals surface area (Å²) < 4.78 is 6.68. The van der Waals surface area contributed by atoms with Gasteiger partial charge in [0.2, 0.25) is 5.88 Å². The summed E-state index contributed by atoms with van der Waals surface area (Å²) in [7, 11) is 0. The second kappa shape index (κ2) is 5.71. The van der Waals surface area contributed by atoms with Gasteiger partial charge in [-0.25, -0.2) is 4.98 Å². The molecule has 0 radical (unpaired) electrons. The number of amidine groups is 1. The molecule has 3 N–H and O–H groups in total. The van der Waals surface area contributed by atoms with Crippen molar-refractivity contribution in [3.8, 4) is 11.6 Å². The standard InChI is InChI=1S/C13H12BrN3O2/c1-8-7-9(14)4-5-11(8)19-13-10(12(15)17-18)3-2-6-16-13/h2-7,18H,1H3,(H2,15,17). The number of benzene rings is 1. The molecule has 6 heteroatoms.